The quantitative estimate of drug-likeness (QED) is 0.530. The van der Waals surface area contributed by atoms with Gasteiger partial charge in [0, 0.05) is 25.4 Å². The van der Waals surface area contributed by atoms with E-state index in [9.17, 15) is 4.79 Å². The molecule has 0 aliphatic rings. The molecule has 0 bridgehead atoms. The number of H-pyrrole nitrogens is 1. The van der Waals surface area contributed by atoms with Crippen LogP contribution in [0.25, 0.3) is 17.2 Å². The van der Waals surface area contributed by atoms with Crippen LogP contribution in [0.3, 0.4) is 0 Å². The number of tetrazole rings is 1. The van der Waals surface area contributed by atoms with Crippen molar-refractivity contribution in [3.05, 3.63) is 64.5 Å². The Morgan fingerprint density at radius 2 is 1.96 bits per heavy atom. The number of nitrogens with one attached hydrogen (secondary N) is 1. The molecule has 0 radical (unpaired) electrons. The van der Waals surface area contributed by atoms with E-state index in [1.54, 1.807) is 11.6 Å². The van der Waals surface area contributed by atoms with E-state index in [-0.39, 0.29) is 5.69 Å². The largest absolute Gasteiger partial charge is 0.345 e. The molecule has 0 fully saturated rings. The fraction of sp³-hybridized carbons (Fsp3) is 0.316. The second-order valence-electron chi connectivity index (χ2n) is 6.68. The topological polar surface area (TPSA) is 99.2 Å². The van der Waals surface area contributed by atoms with Gasteiger partial charge >= 0.3 is 5.69 Å². The van der Waals surface area contributed by atoms with Crippen molar-refractivity contribution in [3.8, 4) is 17.2 Å². The predicted molar refractivity (Wildman–Crippen MR) is 104 cm³/mol. The van der Waals surface area contributed by atoms with Gasteiger partial charge in [-0.2, -0.15) is 10.3 Å². The van der Waals surface area contributed by atoms with Crippen molar-refractivity contribution >= 4 is 0 Å². The summed E-state index contributed by atoms with van der Waals surface area (Å²) in [6, 6.07) is 12.0. The number of hydrogen-bond acceptors (Lipinski definition) is 5. The molecule has 28 heavy (non-hydrogen) atoms. The molecule has 0 saturated heterocycles. The highest BCUT2D eigenvalue weighted by Gasteiger charge is 2.12. The van der Waals surface area contributed by atoms with Crippen LogP contribution < -0.4 is 5.69 Å². The van der Waals surface area contributed by atoms with Crippen molar-refractivity contribution in [2.75, 3.05) is 0 Å². The molecular formula is C19H22N8O. The highest BCUT2D eigenvalue weighted by molar-refractivity contribution is 5.54. The van der Waals surface area contributed by atoms with E-state index in [1.807, 2.05) is 47.2 Å². The van der Waals surface area contributed by atoms with Crippen LogP contribution in [0.5, 0.6) is 0 Å². The minimum Gasteiger partial charge on any atom is -0.314 e. The Kier molecular flexibility index (Phi) is 4.88. The maximum absolute atomic E-state index is 12.4. The summed E-state index contributed by atoms with van der Waals surface area (Å²) in [5, 5.41) is 18.6. The molecule has 9 nitrogen and oxygen atoms in total. The van der Waals surface area contributed by atoms with Gasteiger partial charge in [-0.05, 0) is 41.5 Å². The lowest BCUT2D eigenvalue weighted by molar-refractivity contribution is 0.665. The van der Waals surface area contributed by atoms with E-state index in [1.165, 1.54) is 4.68 Å². The van der Waals surface area contributed by atoms with Crippen LogP contribution in [0.2, 0.25) is 0 Å². The van der Waals surface area contributed by atoms with Crippen LogP contribution >= 0.6 is 0 Å². The van der Waals surface area contributed by atoms with E-state index in [0.29, 0.717) is 12.4 Å². The van der Waals surface area contributed by atoms with Gasteiger partial charge in [0.2, 0.25) is 5.82 Å². The maximum Gasteiger partial charge on any atom is 0.345 e. The number of hydrogen-bond donors (Lipinski definition) is 1. The van der Waals surface area contributed by atoms with E-state index in [0.717, 1.165) is 42.0 Å². The van der Waals surface area contributed by atoms with Crippen molar-refractivity contribution in [1.29, 1.82) is 0 Å². The Hall–Kier alpha value is -3.49. The second kappa shape index (κ2) is 7.63. The summed E-state index contributed by atoms with van der Waals surface area (Å²) in [5.74, 6) is 1.37. The summed E-state index contributed by atoms with van der Waals surface area (Å²) in [4.78, 5) is 12.4. The number of aromatic nitrogens is 8. The molecule has 0 spiro atoms. The molecule has 0 saturated carbocycles. The van der Waals surface area contributed by atoms with Gasteiger partial charge in [0.05, 0.1) is 12.2 Å². The summed E-state index contributed by atoms with van der Waals surface area (Å²) < 4.78 is 5.17. The van der Waals surface area contributed by atoms with Crippen LogP contribution in [0.1, 0.15) is 31.2 Å². The maximum atomic E-state index is 12.4. The zero-order chi connectivity index (χ0) is 19.5. The molecule has 0 aliphatic carbocycles. The molecule has 3 aromatic heterocycles. The molecule has 4 rings (SSSR count). The monoisotopic (exact) mass is 378 g/mol. The van der Waals surface area contributed by atoms with Gasteiger partial charge in [0.15, 0.2) is 0 Å². The number of benzene rings is 1. The molecule has 0 unspecified atom stereocenters. The average molecular weight is 378 g/mol. The second-order valence-corrected chi connectivity index (χ2v) is 6.68. The summed E-state index contributed by atoms with van der Waals surface area (Å²) in [7, 11) is 1.70. The summed E-state index contributed by atoms with van der Waals surface area (Å²) in [5.41, 5.74) is 2.80. The number of rotatable bonds is 7. The van der Waals surface area contributed by atoms with Crippen LogP contribution in [0.4, 0.5) is 0 Å². The SMILES string of the molecule is CCCCc1nn(C)c(=O)n1Cc1ccc(-n2cccc2-c2nn[nH]n2)cc1. The first kappa shape index (κ1) is 17.9. The molecule has 1 N–H and O–H groups in total. The smallest absolute Gasteiger partial charge is 0.314 e. The molecule has 9 heteroatoms. The van der Waals surface area contributed by atoms with Crippen molar-refractivity contribution in [3.63, 3.8) is 0 Å². The van der Waals surface area contributed by atoms with Crippen molar-refractivity contribution in [1.82, 2.24) is 39.5 Å². The molecule has 0 atom stereocenters. The fourth-order valence-corrected chi connectivity index (χ4v) is 3.24. The molecule has 144 valence electrons. The Morgan fingerprint density at radius 1 is 1.14 bits per heavy atom. The van der Waals surface area contributed by atoms with E-state index in [2.05, 4.69) is 32.6 Å². The third-order valence-electron chi connectivity index (χ3n) is 4.72. The van der Waals surface area contributed by atoms with Gasteiger partial charge in [-0.1, -0.05) is 25.5 Å². The summed E-state index contributed by atoms with van der Waals surface area (Å²) in [6.45, 7) is 2.64. The molecule has 4 aromatic rings. The lowest BCUT2D eigenvalue weighted by Crippen LogP contribution is -2.24. The molecule has 1 aromatic carbocycles. The predicted octanol–water partition coefficient (Wildman–Crippen LogP) is 1.94. The number of aromatic amines is 1. The lowest BCUT2D eigenvalue weighted by Gasteiger charge is -2.09. The Balaban J connectivity index is 1.59. The minimum atomic E-state index is -0.0834. The van der Waals surface area contributed by atoms with Crippen LogP contribution in [-0.4, -0.2) is 39.5 Å². The molecule has 3 heterocycles. The van der Waals surface area contributed by atoms with Gasteiger partial charge in [-0.25, -0.2) is 9.48 Å². The summed E-state index contributed by atoms with van der Waals surface area (Å²) >= 11 is 0. The normalized spacial score (nSPS) is 11.2. The molecular weight excluding hydrogens is 356 g/mol. The zero-order valence-corrected chi connectivity index (χ0v) is 15.9. The van der Waals surface area contributed by atoms with Gasteiger partial charge in [-0.15, -0.1) is 10.2 Å². The van der Waals surface area contributed by atoms with Crippen molar-refractivity contribution in [2.24, 2.45) is 7.05 Å². The first-order valence-corrected chi connectivity index (χ1v) is 9.30. The van der Waals surface area contributed by atoms with Gasteiger partial charge in [0.1, 0.15) is 5.82 Å². The summed E-state index contributed by atoms with van der Waals surface area (Å²) in [6.07, 6.45) is 4.85. The average Bonchev–Trinajstić information content (AvgIpc) is 3.44. The first-order chi connectivity index (χ1) is 13.7. The van der Waals surface area contributed by atoms with Crippen LogP contribution in [0, 0.1) is 0 Å². The lowest BCUT2D eigenvalue weighted by atomic mass is 10.2. The Labute approximate surface area is 161 Å². The van der Waals surface area contributed by atoms with Crippen molar-refractivity contribution in [2.45, 2.75) is 32.7 Å². The first-order valence-electron chi connectivity index (χ1n) is 9.30. The number of unbranched alkanes of at least 4 members (excludes halogenated alkanes) is 1. The van der Waals surface area contributed by atoms with Crippen molar-refractivity contribution < 1.29 is 0 Å². The Bertz CT molecular complexity index is 1100. The highest BCUT2D eigenvalue weighted by Crippen LogP contribution is 2.20. The standard InChI is InChI=1S/C19H22N8O/c1-3-4-7-17-22-25(2)19(28)27(17)13-14-8-10-15(11-9-14)26-12-5-6-16(26)18-20-23-24-21-18/h5-6,8-12H,3-4,7,13H2,1-2H3,(H,20,21,23,24). The zero-order valence-electron chi connectivity index (χ0n) is 15.9. The highest BCUT2D eigenvalue weighted by atomic mass is 16.2. The van der Waals surface area contributed by atoms with E-state index in [4.69, 9.17) is 0 Å². The minimum absolute atomic E-state index is 0.0834. The number of nitrogens with zero attached hydrogens (tertiary/aromatic N) is 7. The Morgan fingerprint density at radius 3 is 2.68 bits per heavy atom. The van der Waals surface area contributed by atoms with E-state index < -0.39 is 0 Å². The van der Waals surface area contributed by atoms with Crippen LogP contribution in [-0.2, 0) is 20.0 Å². The molecule has 0 amide bonds. The number of aryl methyl sites for hydroxylation is 2. The molecule has 0 aliphatic heterocycles. The third kappa shape index (κ3) is 3.38. The van der Waals surface area contributed by atoms with Crippen LogP contribution in [0.15, 0.2) is 47.4 Å². The van der Waals surface area contributed by atoms with E-state index >= 15 is 0 Å². The fourth-order valence-electron chi connectivity index (χ4n) is 3.24. The van der Waals surface area contributed by atoms with Gasteiger partial charge < -0.3 is 4.57 Å². The van der Waals surface area contributed by atoms with Gasteiger partial charge in [0.25, 0.3) is 0 Å². The third-order valence-corrected chi connectivity index (χ3v) is 4.72. The van der Waals surface area contributed by atoms with Gasteiger partial charge in [-0.3, -0.25) is 4.57 Å².